The molecule has 2 aromatic carbocycles. The van der Waals surface area contributed by atoms with Crippen molar-refractivity contribution in [3.63, 3.8) is 0 Å². The standard InChI is InChI=1S/C17H19ClN2O4S/c1-12(15-6-4-5-7-16(15)18)19-17(21)13-8-10-14(11-9-13)25(22,23)20(2)24-3/h4-12H,1-3H3,(H,19,21)/t12-/m1/s1. The second-order valence-corrected chi connectivity index (χ2v) is 7.68. The Kier molecular flexibility index (Phi) is 6.18. The number of hydrogen-bond donors (Lipinski definition) is 1. The van der Waals surface area contributed by atoms with E-state index in [9.17, 15) is 13.2 Å². The minimum atomic E-state index is -3.74. The lowest BCUT2D eigenvalue weighted by atomic mass is 10.1. The molecular weight excluding hydrogens is 364 g/mol. The Balaban J connectivity index is 2.15. The van der Waals surface area contributed by atoms with Crippen LogP contribution in [0, 0.1) is 0 Å². The van der Waals surface area contributed by atoms with Gasteiger partial charge < -0.3 is 5.32 Å². The Morgan fingerprint density at radius 3 is 2.32 bits per heavy atom. The van der Waals surface area contributed by atoms with Crippen LogP contribution in [-0.2, 0) is 14.9 Å². The van der Waals surface area contributed by atoms with Gasteiger partial charge in [-0.05, 0) is 42.8 Å². The zero-order chi connectivity index (χ0) is 18.6. The van der Waals surface area contributed by atoms with Crippen LogP contribution < -0.4 is 5.32 Å². The lowest BCUT2D eigenvalue weighted by Gasteiger charge is -2.16. The van der Waals surface area contributed by atoms with E-state index in [0.29, 0.717) is 10.6 Å². The van der Waals surface area contributed by atoms with E-state index in [1.165, 1.54) is 38.4 Å². The molecule has 134 valence electrons. The quantitative estimate of drug-likeness (QED) is 0.779. The van der Waals surface area contributed by atoms with Crippen LogP contribution in [0.5, 0.6) is 0 Å². The van der Waals surface area contributed by atoms with Crippen LogP contribution in [0.3, 0.4) is 0 Å². The molecule has 1 N–H and O–H groups in total. The molecule has 1 amide bonds. The molecule has 2 rings (SSSR count). The number of sulfonamides is 1. The Hall–Kier alpha value is -1.93. The maximum absolute atomic E-state index is 12.4. The number of benzene rings is 2. The van der Waals surface area contributed by atoms with Gasteiger partial charge in [-0.3, -0.25) is 9.63 Å². The van der Waals surface area contributed by atoms with Gasteiger partial charge in [0, 0.05) is 17.6 Å². The number of nitrogens with one attached hydrogen (secondary N) is 1. The fraction of sp³-hybridized carbons (Fsp3) is 0.235. The van der Waals surface area contributed by atoms with E-state index in [0.717, 1.165) is 10.0 Å². The van der Waals surface area contributed by atoms with Crippen molar-refractivity contribution < 1.29 is 18.0 Å². The molecule has 1 atom stereocenters. The minimum Gasteiger partial charge on any atom is -0.345 e. The summed E-state index contributed by atoms with van der Waals surface area (Å²) in [5.41, 5.74) is 1.15. The summed E-state index contributed by atoms with van der Waals surface area (Å²) >= 11 is 6.13. The fourth-order valence-corrected chi connectivity index (χ4v) is 3.48. The molecule has 25 heavy (non-hydrogen) atoms. The first-order valence-electron chi connectivity index (χ1n) is 7.45. The Bertz CT molecular complexity index is 853. The van der Waals surface area contributed by atoms with Gasteiger partial charge in [0.25, 0.3) is 15.9 Å². The highest BCUT2D eigenvalue weighted by Gasteiger charge is 2.21. The highest BCUT2D eigenvalue weighted by atomic mass is 35.5. The molecule has 0 bridgehead atoms. The maximum atomic E-state index is 12.4. The molecular formula is C17H19ClN2O4S. The average molecular weight is 383 g/mol. The zero-order valence-electron chi connectivity index (χ0n) is 14.1. The first-order valence-corrected chi connectivity index (χ1v) is 9.27. The highest BCUT2D eigenvalue weighted by Crippen LogP contribution is 2.22. The topological polar surface area (TPSA) is 75.7 Å². The smallest absolute Gasteiger partial charge is 0.264 e. The van der Waals surface area contributed by atoms with Crippen LogP contribution in [0.2, 0.25) is 5.02 Å². The summed E-state index contributed by atoms with van der Waals surface area (Å²) in [4.78, 5) is 17.1. The van der Waals surface area contributed by atoms with Gasteiger partial charge in [0.15, 0.2) is 0 Å². The molecule has 0 aromatic heterocycles. The zero-order valence-corrected chi connectivity index (χ0v) is 15.6. The molecule has 0 saturated heterocycles. The Morgan fingerprint density at radius 1 is 1.16 bits per heavy atom. The minimum absolute atomic E-state index is 0.0348. The van der Waals surface area contributed by atoms with Gasteiger partial charge in [0.05, 0.1) is 18.0 Å². The number of nitrogens with zero attached hydrogens (tertiary/aromatic N) is 1. The number of hydroxylamine groups is 1. The number of hydrogen-bond acceptors (Lipinski definition) is 4. The summed E-state index contributed by atoms with van der Waals surface area (Å²) in [6.07, 6.45) is 0. The van der Waals surface area contributed by atoms with E-state index < -0.39 is 10.0 Å². The lowest BCUT2D eigenvalue weighted by molar-refractivity contribution is -0.0258. The summed E-state index contributed by atoms with van der Waals surface area (Å²) < 4.78 is 25.0. The van der Waals surface area contributed by atoms with Crippen molar-refractivity contribution in [2.24, 2.45) is 0 Å². The second-order valence-electron chi connectivity index (χ2n) is 5.34. The van der Waals surface area contributed by atoms with Crippen molar-refractivity contribution in [3.05, 3.63) is 64.7 Å². The number of halogens is 1. The van der Waals surface area contributed by atoms with E-state index in [1.807, 2.05) is 25.1 Å². The van der Waals surface area contributed by atoms with Crippen molar-refractivity contribution in [1.82, 2.24) is 9.79 Å². The summed E-state index contributed by atoms with van der Waals surface area (Å²) in [7, 11) is -1.19. The van der Waals surface area contributed by atoms with E-state index in [1.54, 1.807) is 6.07 Å². The van der Waals surface area contributed by atoms with Crippen molar-refractivity contribution in [2.45, 2.75) is 17.9 Å². The third-order valence-corrected chi connectivity index (χ3v) is 5.77. The van der Waals surface area contributed by atoms with Crippen LogP contribution >= 0.6 is 11.6 Å². The molecule has 0 spiro atoms. The van der Waals surface area contributed by atoms with Gasteiger partial charge in [-0.25, -0.2) is 8.42 Å². The van der Waals surface area contributed by atoms with E-state index in [4.69, 9.17) is 16.4 Å². The molecule has 0 aliphatic carbocycles. The predicted octanol–water partition coefficient (Wildman–Crippen LogP) is 3.01. The molecule has 0 aliphatic rings. The summed E-state index contributed by atoms with van der Waals surface area (Å²) in [5, 5.41) is 3.41. The van der Waals surface area contributed by atoms with Gasteiger partial charge in [-0.2, -0.15) is 0 Å². The first-order chi connectivity index (χ1) is 11.8. The van der Waals surface area contributed by atoms with E-state index in [2.05, 4.69) is 5.32 Å². The highest BCUT2D eigenvalue weighted by molar-refractivity contribution is 7.89. The van der Waals surface area contributed by atoms with Gasteiger partial charge in [-0.15, -0.1) is 0 Å². The Labute approximate surface area is 152 Å². The van der Waals surface area contributed by atoms with Crippen molar-refractivity contribution in [2.75, 3.05) is 14.2 Å². The number of rotatable bonds is 6. The summed E-state index contributed by atoms with van der Waals surface area (Å²) in [5.74, 6) is -0.323. The number of carbonyl (C=O) groups excluding carboxylic acids is 1. The van der Waals surface area contributed by atoms with Crippen molar-refractivity contribution >= 4 is 27.5 Å². The maximum Gasteiger partial charge on any atom is 0.264 e. The molecule has 0 unspecified atom stereocenters. The number of carbonyl (C=O) groups is 1. The van der Waals surface area contributed by atoms with E-state index in [-0.39, 0.29) is 16.8 Å². The SMILES string of the molecule is CON(C)S(=O)(=O)c1ccc(C(=O)N[C@H](C)c2ccccc2Cl)cc1. The van der Waals surface area contributed by atoms with Crippen molar-refractivity contribution in [1.29, 1.82) is 0 Å². The molecule has 0 fully saturated rings. The first kappa shape index (κ1) is 19.4. The van der Waals surface area contributed by atoms with Gasteiger partial charge >= 0.3 is 0 Å². The normalized spacial score (nSPS) is 12.8. The van der Waals surface area contributed by atoms with Crippen LogP contribution in [-0.4, -0.2) is 33.0 Å². The van der Waals surface area contributed by atoms with Crippen LogP contribution in [0.4, 0.5) is 0 Å². The molecule has 8 heteroatoms. The van der Waals surface area contributed by atoms with Gasteiger partial charge in [0.1, 0.15) is 0 Å². The number of amides is 1. The molecule has 0 saturated carbocycles. The molecule has 0 radical (unpaired) electrons. The molecule has 6 nitrogen and oxygen atoms in total. The van der Waals surface area contributed by atoms with Crippen LogP contribution in [0.1, 0.15) is 28.9 Å². The predicted molar refractivity (Wildman–Crippen MR) is 95.7 cm³/mol. The molecule has 0 heterocycles. The summed E-state index contributed by atoms with van der Waals surface area (Å²) in [6, 6.07) is 12.6. The molecule has 0 aliphatic heterocycles. The third kappa shape index (κ3) is 4.38. The molecule has 2 aromatic rings. The van der Waals surface area contributed by atoms with Gasteiger partial charge in [0.2, 0.25) is 0 Å². The van der Waals surface area contributed by atoms with Crippen molar-refractivity contribution in [3.8, 4) is 0 Å². The van der Waals surface area contributed by atoms with Gasteiger partial charge in [-0.1, -0.05) is 34.3 Å². The van der Waals surface area contributed by atoms with Crippen LogP contribution in [0.15, 0.2) is 53.4 Å². The van der Waals surface area contributed by atoms with E-state index >= 15 is 0 Å². The monoisotopic (exact) mass is 382 g/mol. The summed E-state index contributed by atoms with van der Waals surface area (Å²) in [6.45, 7) is 1.82. The third-order valence-electron chi connectivity index (χ3n) is 3.73. The van der Waals surface area contributed by atoms with Crippen LogP contribution in [0.25, 0.3) is 0 Å². The average Bonchev–Trinajstić information content (AvgIpc) is 2.61. The Morgan fingerprint density at radius 2 is 1.76 bits per heavy atom. The lowest BCUT2D eigenvalue weighted by Crippen LogP contribution is -2.27. The largest absolute Gasteiger partial charge is 0.345 e. The second kappa shape index (κ2) is 7.97. The fourth-order valence-electron chi connectivity index (χ4n) is 2.21.